The van der Waals surface area contributed by atoms with Crippen molar-refractivity contribution in [1.82, 2.24) is 0 Å². The van der Waals surface area contributed by atoms with Crippen LogP contribution in [0, 0.1) is 0 Å². The Morgan fingerprint density at radius 3 is 2.04 bits per heavy atom. The van der Waals surface area contributed by atoms with Gasteiger partial charge in [0.2, 0.25) is 5.91 Å². The van der Waals surface area contributed by atoms with Crippen LogP contribution in [0.3, 0.4) is 0 Å². The third-order valence-electron chi connectivity index (χ3n) is 3.63. The van der Waals surface area contributed by atoms with E-state index in [9.17, 15) is 19.8 Å². The molecular formula is C20H25NO6. The number of carboxylic acids is 1. The average Bonchev–Trinajstić information content (AvgIpc) is 2.67. The van der Waals surface area contributed by atoms with Crippen molar-refractivity contribution in [1.29, 1.82) is 0 Å². The van der Waals surface area contributed by atoms with Gasteiger partial charge in [-0.05, 0) is 30.5 Å². The first kappa shape index (κ1) is 22.1. The second-order valence-corrected chi connectivity index (χ2v) is 5.61. The number of rotatable bonds is 7. The minimum absolute atomic E-state index is 0.0616. The third-order valence-corrected chi connectivity index (χ3v) is 3.63. The predicted molar refractivity (Wildman–Crippen MR) is 103 cm³/mol. The number of phenols is 1. The Bertz CT molecular complexity index is 742. The molecule has 0 fully saturated rings. The Balaban J connectivity index is 0.000000527. The lowest BCUT2D eigenvalue weighted by Crippen LogP contribution is -2.14. The molecule has 0 radical (unpaired) electrons. The van der Waals surface area contributed by atoms with E-state index in [1.807, 2.05) is 6.07 Å². The highest BCUT2D eigenvalue weighted by Crippen LogP contribution is 2.38. The highest BCUT2D eigenvalue weighted by atomic mass is 16.4. The van der Waals surface area contributed by atoms with Crippen LogP contribution in [0.5, 0.6) is 5.75 Å². The summed E-state index contributed by atoms with van der Waals surface area (Å²) in [6, 6.07) is 11.4. The normalized spacial score (nSPS) is 9.89. The SMILES string of the molecule is CCC(=O)Nc1c(C(=O)O)ccc(O)c1-c1ccccc1.OCCCCO. The molecule has 7 heteroatoms. The molecule has 7 nitrogen and oxygen atoms in total. The number of aromatic carboxylic acids is 1. The summed E-state index contributed by atoms with van der Waals surface area (Å²) in [4.78, 5) is 23.0. The van der Waals surface area contributed by atoms with Crippen molar-refractivity contribution < 1.29 is 30.0 Å². The van der Waals surface area contributed by atoms with Crippen molar-refractivity contribution in [2.75, 3.05) is 18.5 Å². The zero-order valence-electron chi connectivity index (χ0n) is 15.2. The van der Waals surface area contributed by atoms with Crippen LogP contribution in [0.15, 0.2) is 42.5 Å². The summed E-state index contributed by atoms with van der Waals surface area (Å²) in [5.74, 6) is -1.57. The number of unbranched alkanes of at least 4 members (excludes halogenated alkanes) is 1. The molecule has 0 heterocycles. The lowest BCUT2D eigenvalue weighted by molar-refractivity contribution is -0.115. The van der Waals surface area contributed by atoms with E-state index in [1.165, 1.54) is 12.1 Å². The quantitative estimate of drug-likeness (QED) is 0.474. The number of nitrogens with one attached hydrogen (secondary N) is 1. The number of carbonyl (C=O) groups is 2. The average molecular weight is 375 g/mol. The maximum absolute atomic E-state index is 11.7. The smallest absolute Gasteiger partial charge is 0.337 e. The zero-order valence-corrected chi connectivity index (χ0v) is 15.2. The van der Waals surface area contributed by atoms with Gasteiger partial charge in [-0.1, -0.05) is 37.3 Å². The van der Waals surface area contributed by atoms with E-state index in [1.54, 1.807) is 31.2 Å². The van der Waals surface area contributed by atoms with Crippen molar-refractivity contribution in [3.8, 4) is 16.9 Å². The molecule has 0 aliphatic rings. The van der Waals surface area contributed by atoms with Gasteiger partial charge in [0.15, 0.2) is 0 Å². The van der Waals surface area contributed by atoms with Crippen molar-refractivity contribution in [3.05, 3.63) is 48.0 Å². The van der Waals surface area contributed by atoms with E-state index >= 15 is 0 Å². The van der Waals surface area contributed by atoms with Crippen LogP contribution in [0.25, 0.3) is 11.1 Å². The topological polar surface area (TPSA) is 127 Å². The summed E-state index contributed by atoms with van der Waals surface area (Å²) >= 11 is 0. The number of aliphatic hydroxyl groups excluding tert-OH is 2. The van der Waals surface area contributed by atoms with Crippen LogP contribution >= 0.6 is 0 Å². The minimum Gasteiger partial charge on any atom is -0.507 e. The maximum Gasteiger partial charge on any atom is 0.337 e. The fourth-order valence-corrected chi connectivity index (χ4v) is 2.25. The third kappa shape index (κ3) is 6.73. The Hall–Kier alpha value is -2.90. The monoisotopic (exact) mass is 375 g/mol. The molecule has 2 aromatic rings. The first-order valence-electron chi connectivity index (χ1n) is 8.62. The van der Waals surface area contributed by atoms with Gasteiger partial charge in [-0.15, -0.1) is 0 Å². The van der Waals surface area contributed by atoms with Crippen molar-refractivity contribution in [2.24, 2.45) is 0 Å². The first-order chi connectivity index (χ1) is 13.0. The summed E-state index contributed by atoms with van der Waals surface area (Å²) in [5, 5.41) is 38.1. The second-order valence-electron chi connectivity index (χ2n) is 5.61. The molecule has 0 aromatic heterocycles. The number of aliphatic hydroxyl groups is 2. The highest BCUT2D eigenvalue weighted by Gasteiger charge is 2.20. The number of hydrogen-bond donors (Lipinski definition) is 5. The Labute approximate surface area is 157 Å². The molecule has 2 rings (SSSR count). The van der Waals surface area contributed by atoms with Crippen molar-refractivity contribution in [3.63, 3.8) is 0 Å². The molecule has 2 aromatic carbocycles. The number of hydrogen-bond acceptors (Lipinski definition) is 5. The summed E-state index contributed by atoms with van der Waals surface area (Å²) in [6.45, 7) is 2.06. The van der Waals surface area contributed by atoms with E-state index in [2.05, 4.69) is 5.32 Å². The van der Waals surface area contributed by atoms with Gasteiger partial charge in [0.25, 0.3) is 0 Å². The largest absolute Gasteiger partial charge is 0.507 e. The van der Waals surface area contributed by atoms with Crippen molar-refractivity contribution >= 4 is 17.6 Å². The van der Waals surface area contributed by atoms with E-state index in [4.69, 9.17) is 10.2 Å². The van der Waals surface area contributed by atoms with Crippen LogP contribution in [0.1, 0.15) is 36.5 Å². The van der Waals surface area contributed by atoms with Gasteiger partial charge in [-0.3, -0.25) is 4.79 Å². The molecule has 1 amide bonds. The van der Waals surface area contributed by atoms with Crippen LogP contribution in [0.2, 0.25) is 0 Å². The molecule has 0 bridgehead atoms. The highest BCUT2D eigenvalue weighted by molar-refractivity contribution is 6.06. The van der Waals surface area contributed by atoms with Crippen LogP contribution < -0.4 is 5.32 Å². The second kappa shape index (κ2) is 11.7. The molecule has 0 aliphatic heterocycles. The molecule has 0 saturated heterocycles. The van der Waals surface area contributed by atoms with E-state index in [0.29, 0.717) is 11.1 Å². The Morgan fingerprint density at radius 1 is 0.963 bits per heavy atom. The van der Waals surface area contributed by atoms with Gasteiger partial charge < -0.3 is 25.7 Å². The van der Waals surface area contributed by atoms with Crippen molar-refractivity contribution in [2.45, 2.75) is 26.2 Å². The standard InChI is InChI=1S/C16H15NO4.C4H10O2/c1-2-13(19)17-15-11(16(20)21)8-9-12(18)14(15)10-6-4-3-5-7-10;5-3-1-2-4-6/h3-9,18H,2H2,1H3,(H,17,19)(H,20,21);5-6H,1-4H2. The fourth-order valence-electron chi connectivity index (χ4n) is 2.25. The molecule has 0 aliphatic carbocycles. The lowest BCUT2D eigenvalue weighted by Gasteiger charge is -2.15. The number of amides is 1. The maximum atomic E-state index is 11.7. The van der Waals surface area contributed by atoms with Crippen LogP contribution in [0.4, 0.5) is 5.69 Å². The number of benzene rings is 2. The molecule has 0 spiro atoms. The van der Waals surface area contributed by atoms with E-state index in [0.717, 1.165) is 12.8 Å². The molecule has 0 atom stereocenters. The zero-order chi connectivity index (χ0) is 20.2. The summed E-state index contributed by atoms with van der Waals surface area (Å²) in [7, 11) is 0. The molecule has 0 unspecified atom stereocenters. The van der Waals surface area contributed by atoms with Gasteiger partial charge in [0.05, 0.1) is 11.3 Å². The number of carboxylic acid groups (broad SMARTS) is 1. The molecule has 5 N–H and O–H groups in total. The molecule has 146 valence electrons. The lowest BCUT2D eigenvalue weighted by atomic mass is 9.98. The number of phenolic OH excluding ortho intramolecular Hbond substituents is 1. The van der Waals surface area contributed by atoms with Gasteiger partial charge in [0.1, 0.15) is 5.75 Å². The summed E-state index contributed by atoms with van der Waals surface area (Å²) in [6.07, 6.45) is 1.65. The Kier molecular flexibility index (Phi) is 9.57. The van der Waals surface area contributed by atoms with Crippen LogP contribution in [-0.2, 0) is 4.79 Å². The fraction of sp³-hybridized carbons (Fsp3) is 0.300. The van der Waals surface area contributed by atoms with Gasteiger partial charge in [0, 0.05) is 25.2 Å². The minimum atomic E-state index is -1.17. The molecule has 0 saturated carbocycles. The molecule has 27 heavy (non-hydrogen) atoms. The van der Waals surface area contributed by atoms with Gasteiger partial charge in [-0.2, -0.15) is 0 Å². The van der Waals surface area contributed by atoms with E-state index < -0.39 is 5.97 Å². The number of anilines is 1. The first-order valence-corrected chi connectivity index (χ1v) is 8.62. The summed E-state index contributed by atoms with van der Waals surface area (Å²) < 4.78 is 0. The van der Waals surface area contributed by atoms with Gasteiger partial charge in [-0.25, -0.2) is 4.79 Å². The van der Waals surface area contributed by atoms with Gasteiger partial charge >= 0.3 is 5.97 Å². The van der Waals surface area contributed by atoms with E-state index in [-0.39, 0.29) is 42.5 Å². The Morgan fingerprint density at radius 2 is 1.56 bits per heavy atom. The summed E-state index contributed by atoms with van der Waals surface area (Å²) in [5.41, 5.74) is 0.982. The predicted octanol–water partition coefficient (Wildman–Crippen LogP) is 2.86. The number of aromatic hydroxyl groups is 1. The molecular weight excluding hydrogens is 350 g/mol. The van der Waals surface area contributed by atoms with Crippen LogP contribution in [-0.4, -0.2) is 45.5 Å². The number of carbonyl (C=O) groups excluding carboxylic acids is 1.